The molecule has 1 fully saturated rings. The van der Waals surface area contributed by atoms with Gasteiger partial charge in [-0.1, -0.05) is 34.9 Å². The lowest BCUT2D eigenvalue weighted by atomic mass is 9.82. The molecule has 1 aliphatic heterocycles. The average molecular weight is 353 g/mol. The molecule has 0 saturated carbocycles. The first-order chi connectivity index (χ1) is 10.9. The molecule has 120 valence electrons. The van der Waals surface area contributed by atoms with Gasteiger partial charge >= 0.3 is 0 Å². The van der Waals surface area contributed by atoms with Crippen LogP contribution in [0.5, 0.6) is 0 Å². The van der Waals surface area contributed by atoms with Gasteiger partial charge in [-0.05, 0) is 38.0 Å². The van der Waals surface area contributed by atoms with Crippen molar-refractivity contribution < 1.29 is 14.4 Å². The third-order valence-corrected chi connectivity index (χ3v) is 4.76. The van der Waals surface area contributed by atoms with Crippen molar-refractivity contribution in [3.05, 3.63) is 45.5 Å². The van der Waals surface area contributed by atoms with Crippen molar-refractivity contribution in [2.24, 2.45) is 11.8 Å². The van der Waals surface area contributed by atoms with Gasteiger partial charge in [0.15, 0.2) is 0 Å². The molecular formula is C16H14Cl2N2O3. The van der Waals surface area contributed by atoms with Gasteiger partial charge < -0.3 is 0 Å². The van der Waals surface area contributed by atoms with Crippen molar-refractivity contribution in [3.63, 3.8) is 0 Å². The zero-order chi connectivity index (χ0) is 16.7. The van der Waals surface area contributed by atoms with Gasteiger partial charge in [-0.25, -0.2) is 0 Å². The van der Waals surface area contributed by atoms with E-state index in [4.69, 9.17) is 23.2 Å². The number of amides is 3. The molecule has 1 heterocycles. The van der Waals surface area contributed by atoms with E-state index in [0.717, 1.165) is 10.6 Å². The second kappa shape index (κ2) is 5.98. The number of carbonyl (C=O) groups is 3. The maximum atomic E-state index is 12.4. The highest BCUT2D eigenvalue weighted by atomic mass is 35.5. The van der Waals surface area contributed by atoms with Gasteiger partial charge in [0.2, 0.25) is 0 Å². The Kier molecular flexibility index (Phi) is 4.17. The van der Waals surface area contributed by atoms with Crippen molar-refractivity contribution >= 4 is 40.9 Å². The van der Waals surface area contributed by atoms with Crippen LogP contribution in [0.1, 0.15) is 30.1 Å². The van der Waals surface area contributed by atoms with Crippen LogP contribution in [0.25, 0.3) is 0 Å². The van der Waals surface area contributed by atoms with Gasteiger partial charge in [0.05, 0.1) is 22.4 Å². The number of allylic oxidation sites excluding steroid dienone is 2. The van der Waals surface area contributed by atoms with E-state index < -0.39 is 17.7 Å². The van der Waals surface area contributed by atoms with Crippen LogP contribution in [0.4, 0.5) is 0 Å². The standard InChI is InChI=1S/C16H14Cl2N2O3/c1-8-2-4-10-12(6-8)16(23)20(15(10)22)19-14(21)11-5-3-9(17)7-13(11)18/h2-3,5,7,10,12H,4,6H2,1H3,(H,19,21)/t10-,12-/m0/s1. The Bertz CT molecular complexity index is 745. The summed E-state index contributed by atoms with van der Waals surface area (Å²) in [4.78, 5) is 37.1. The Morgan fingerprint density at radius 2 is 1.91 bits per heavy atom. The summed E-state index contributed by atoms with van der Waals surface area (Å²) in [7, 11) is 0. The first-order valence-corrected chi connectivity index (χ1v) is 7.93. The van der Waals surface area contributed by atoms with Crippen molar-refractivity contribution in [3.8, 4) is 0 Å². The highest BCUT2D eigenvalue weighted by Crippen LogP contribution is 2.37. The summed E-state index contributed by atoms with van der Waals surface area (Å²) in [5.74, 6) is -2.15. The van der Waals surface area contributed by atoms with E-state index in [9.17, 15) is 14.4 Å². The summed E-state index contributed by atoms with van der Waals surface area (Å²) in [6, 6.07) is 4.39. The number of carbonyl (C=O) groups excluding carboxylic acids is 3. The monoisotopic (exact) mass is 352 g/mol. The molecule has 1 aliphatic carbocycles. The molecule has 1 aromatic rings. The van der Waals surface area contributed by atoms with Gasteiger partial charge in [0.25, 0.3) is 17.7 Å². The summed E-state index contributed by atoms with van der Waals surface area (Å²) < 4.78 is 0. The smallest absolute Gasteiger partial charge is 0.271 e. The molecule has 5 nitrogen and oxygen atoms in total. The lowest BCUT2D eigenvalue weighted by Gasteiger charge is -2.18. The highest BCUT2D eigenvalue weighted by molar-refractivity contribution is 6.36. The number of hydrogen-bond donors (Lipinski definition) is 1. The van der Waals surface area contributed by atoms with Crippen molar-refractivity contribution in [2.45, 2.75) is 19.8 Å². The Morgan fingerprint density at radius 1 is 1.22 bits per heavy atom. The second-order valence-corrected chi connectivity index (χ2v) is 6.62. The average Bonchev–Trinajstić information content (AvgIpc) is 2.72. The zero-order valence-electron chi connectivity index (χ0n) is 12.3. The number of fused-ring (bicyclic) bond motifs is 1. The third kappa shape index (κ3) is 2.86. The second-order valence-electron chi connectivity index (χ2n) is 5.78. The highest BCUT2D eigenvalue weighted by Gasteiger charge is 2.49. The van der Waals surface area contributed by atoms with Crippen LogP contribution in [0.3, 0.4) is 0 Å². The van der Waals surface area contributed by atoms with Crippen LogP contribution in [-0.2, 0) is 9.59 Å². The lowest BCUT2D eigenvalue weighted by Crippen LogP contribution is -2.46. The number of hydrogen-bond acceptors (Lipinski definition) is 3. The van der Waals surface area contributed by atoms with E-state index in [1.807, 2.05) is 13.0 Å². The molecular weight excluding hydrogens is 339 g/mol. The van der Waals surface area contributed by atoms with E-state index in [2.05, 4.69) is 5.43 Å². The molecule has 0 radical (unpaired) electrons. The van der Waals surface area contributed by atoms with Gasteiger partial charge in [-0.15, -0.1) is 0 Å². The number of hydrazine groups is 1. The van der Waals surface area contributed by atoms with Crippen molar-refractivity contribution in [1.82, 2.24) is 10.4 Å². The van der Waals surface area contributed by atoms with Gasteiger partial charge in [-0.2, -0.15) is 5.01 Å². The van der Waals surface area contributed by atoms with Gasteiger partial charge in [-0.3, -0.25) is 19.8 Å². The molecule has 0 bridgehead atoms. The molecule has 3 rings (SSSR count). The van der Waals surface area contributed by atoms with E-state index in [1.54, 1.807) is 0 Å². The molecule has 1 saturated heterocycles. The number of benzene rings is 1. The summed E-state index contributed by atoms with van der Waals surface area (Å²) in [5.41, 5.74) is 3.61. The fraction of sp³-hybridized carbons (Fsp3) is 0.312. The molecule has 0 aromatic heterocycles. The summed E-state index contributed by atoms with van der Waals surface area (Å²) in [6.07, 6.45) is 3.03. The first-order valence-electron chi connectivity index (χ1n) is 7.18. The minimum atomic E-state index is -0.614. The summed E-state index contributed by atoms with van der Waals surface area (Å²) in [6.45, 7) is 1.93. The molecule has 2 atom stereocenters. The fourth-order valence-corrected chi connectivity index (χ4v) is 3.48. The Hall–Kier alpha value is -1.85. The van der Waals surface area contributed by atoms with Crippen LogP contribution in [0.15, 0.2) is 29.8 Å². The van der Waals surface area contributed by atoms with E-state index in [0.29, 0.717) is 17.9 Å². The molecule has 23 heavy (non-hydrogen) atoms. The third-order valence-electron chi connectivity index (χ3n) is 4.21. The minimum Gasteiger partial charge on any atom is -0.272 e. The molecule has 0 spiro atoms. The molecule has 1 aromatic carbocycles. The maximum absolute atomic E-state index is 12.4. The zero-order valence-corrected chi connectivity index (χ0v) is 13.8. The predicted molar refractivity (Wildman–Crippen MR) is 85.8 cm³/mol. The molecule has 3 amide bonds. The van der Waals surface area contributed by atoms with E-state index in [-0.39, 0.29) is 22.4 Å². The Balaban J connectivity index is 1.79. The normalized spacial score (nSPS) is 23.6. The number of halogens is 2. The van der Waals surface area contributed by atoms with Crippen LogP contribution in [-0.4, -0.2) is 22.7 Å². The quantitative estimate of drug-likeness (QED) is 0.657. The maximum Gasteiger partial charge on any atom is 0.271 e. The summed E-state index contributed by atoms with van der Waals surface area (Å²) in [5, 5.41) is 1.38. The fourth-order valence-electron chi connectivity index (χ4n) is 2.98. The Morgan fingerprint density at radius 3 is 2.61 bits per heavy atom. The van der Waals surface area contributed by atoms with E-state index in [1.165, 1.54) is 18.2 Å². The van der Waals surface area contributed by atoms with Crippen LogP contribution in [0.2, 0.25) is 10.0 Å². The predicted octanol–water partition coefficient (Wildman–Crippen LogP) is 2.98. The number of imide groups is 1. The topological polar surface area (TPSA) is 66.5 Å². The SMILES string of the molecule is CC1=CC[C@@H]2C(=O)N(NC(=O)c3ccc(Cl)cc3Cl)C(=O)[C@H]2C1. The largest absolute Gasteiger partial charge is 0.272 e. The van der Waals surface area contributed by atoms with Crippen LogP contribution < -0.4 is 5.43 Å². The summed E-state index contributed by atoms with van der Waals surface area (Å²) >= 11 is 11.8. The van der Waals surface area contributed by atoms with Gasteiger partial charge in [0.1, 0.15) is 0 Å². The van der Waals surface area contributed by atoms with Crippen LogP contribution in [0, 0.1) is 11.8 Å². The number of rotatable bonds is 2. The van der Waals surface area contributed by atoms with Crippen molar-refractivity contribution in [1.29, 1.82) is 0 Å². The number of nitrogens with zero attached hydrogens (tertiary/aromatic N) is 1. The van der Waals surface area contributed by atoms with Crippen LogP contribution >= 0.6 is 23.2 Å². The van der Waals surface area contributed by atoms with Gasteiger partial charge in [0, 0.05) is 5.02 Å². The molecule has 0 unspecified atom stereocenters. The van der Waals surface area contributed by atoms with Crippen molar-refractivity contribution in [2.75, 3.05) is 0 Å². The first kappa shape index (κ1) is 16.0. The molecule has 2 aliphatic rings. The molecule has 1 N–H and O–H groups in total. The van der Waals surface area contributed by atoms with E-state index >= 15 is 0 Å². The minimum absolute atomic E-state index is 0.154. The number of nitrogens with one attached hydrogen (secondary N) is 1. The lowest BCUT2D eigenvalue weighted by molar-refractivity contribution is -0.142. The molecule has 7 heteroatoms. The Labute approximate surface area is 143 Å².